The van der Waals surface area contributed by atoms with E-state index in [9.17, 15) is 31.1 Å². The van der Waals surface area contributed by atoms with Crippen molar-refractivity contribution in [1.82, 2.24) is 9.78 Å². The zero-order valence-electron chi connectivity index (χ0n) is 13.7. The van der Waals surface area contributed by atoms with Crippen LogP contribution in [0, 0.1) is 0 Å². The van der Waals surface area contributed by atoms with Crippen LogP contribution in [0.4, 0.5) is 26.3 Å². The van der Waals surface area contributed by atoms with Gasteiger partial charge in [-0.15, -0.1) is 0 Å². The number of aromatic carboxylic acids is 1. The van der Waals surface area contributed by atoms with Gasteiger partial charge >= 0.3 is 18.3 Å². The summed E-state index contributed by atoms with van der Waals surface area (Å²) >= 11 is 5.94. The largest absolute Gasteiger partial charge is 0.476 e. The Hall–Kier alpha value is -2.23. The number of alkyl halides is 6. The van der Waals surface area contributed by atoms with Gasteiger partial charge in [-0.05, 0) is 25.0 Å². The minimum Gasteiger partial charge on any atom is -0.476 e. The number of rotatable bonds is 5. The lowest BCUT2D eigenvalue weighted by Gasteiger charge is -2.16. The Balaban J connectivity index is 2.62. The predicted octanol–water partition coefficient (Wildman–Crippen LogP) is 5.44. The fourth-order valence-corrected chi connectivity index (χ4v) is 2.85. The van der Waals surface area contributed by atoms with Crippen LogP contribution in [0.25, 0.3) is 11.3 Å². The van der Waals surface area contributed by atoms with Gasteiger partial charge in [0, 0.05) is 18.5 Å². The number of hydrogen-bond donors (Lipinski definition) is 1. The van der Waals surface area contributed by atoms with Crippen molar-refractivity contribution < 1.29 is 36.2 Å². The van der Waals surface area contributed by atoms with Crippen molar-refractivity contribution in [1.29, 1.82) is 0 Å². The van der Waals surface area contributed by atoms with E-state index in [0.717, 1.165) is 16.8 Å². The van der Waals surface area contributed by atoms with Gasteiger partial charge in [0.2, 0.25) is 0 Å². The standard InChI is InChI=1S/C16H13ClF6N2O2/c1-2-25-13(11(17)12(24-25)14(26)27)9-4-3-8(5-6-15(18,19)20)7-10(9)16(21,22)23/h3-4,7H,2,5-6H2,1H3,(H,26,27). The molecule has 0 aliphatic heterocycles. The maximum absolute atomic E-state index is 13.5. The van der Waals surface area contributed by atoms with Crippen molar-refractivity contribution in [2.75, 3.05) is 0 Å². The van der Waals surface area contributed by atoms with E-state index in [1.807, 2.05) is 0 Å². The minimum absolute atomic E-state index is 0.0372. The summed E-state index contributed by atoms with van der Waals surface area (Å²) in [6.45, 7) is 1.57. The molecule has 0 aliphatic carbocycles. The fraction of sp³-hybridized carbons (Fsp3) is 0.375. The van der Waals surface area contributed by atoms with E-state index in [4.69, 9.17) is 16.7 Å². The van der Waals surface area contributed by atoms with Gasteiger partial charge < -0.3 is 5.11 Å². The van der Waals surface area contributed by atoms with Crippen LogP contribution in [0.15, 0.2) is 18.2 Å². The lowest BCUT2D eigenvalue weighted by atomic mass is 9.98. The highest BCUT2D eigenvalue weighted by molar-refractivity contribution is 6.35. The van der Waals surface area contributed by atoms with Crippen molar-refractivity contribution in [2.24, 2.45) is 0 Å². The number of nitrogens with zero attached hydrogens (tertiary/aromatic N) is 2. The smallest absolute Gasteiger partial charge is 0.417 e. The number of aryl methyl sites for hydroxylation is 2. The SMILES string of the molecule is CCn1nc(C(=O)O)c(Cl)c1-c1ccc(CCC(F)(F)F)cc1C(F)(F)F. The number of carboxylic acids is 1. The number of hydrogen-bond acceptors (Lipinski definition) is 2. The van der Waals surface area contributed by atoms with E-state index in [0.29, 0.717) is 6.07 Å². The Bertz CT molecular complexity index is 858. The van der Waals surface area contributed by atoms with Crippen molar-refractivity contribution in [2.45, 2.75) is 38.7 Å². The van der Waals surface area contributed by atoms with Crippen LogP contribution in [0.2, 0.25) is 5.02 Å². The molecule has 1 heterocycles. The van der Waals surface area contributed by atoms with E-state index in [1.54, 1.807) is 0 Å². The van der Waals surface area contributed by atoms with Crippen molar-refractivity contribution >= 4 is 17.6 Å². The number of aromatic nitrogens is 2. The zero-order chi connectivity index (χ0) is 20.6. The Morgan fingerprint density at radius 3 is 2.33 bits per heavy atom. The van der Waals surface area contributed by atoms with Gasteiger partial charge in [0.1, 0.15) is 5.02 Å². The van der Waals surface area contributed by atoms with Crippen molar-refractivity contribution in [3.05, 3.63) is 40.0 Å². The second kappa shape index (κ2) is 7.41. The average molecular weight is 415 g/mol. The van der Waals surface area contributed by atoms with E-state index in [-0.39, 0.29) is 17.8 Å². The van der Waals surface area contributed by atoms with E-state index in [1.165, 1.54) is 6.92 Å². The van der Waals surface area contributed by atoms with Crippen molar-refractivity contribution in [3.63, 3.8) is 0 Å². The highest BCUT2D eigenvalue weighted by Gasteiger charge is 2.36. The molecule has 11 heteroatoms. The molecule has 1 aromatic heterocycles. The quantitative estimate of drug-likeness (QED) is 0.663. The highest BCUT2D eigenvalue weighted by Crippen LogP contribution is 2.41. The van der Waals surface area contributed by atoms with Gasteiger partial charge in [0.15, 0.2) is 5.69 Å². The molecule has 2 aromatic rings. The predicted molar refractivity (Wildman–Crippen MR) is 84.7 cm³/mol. The van der Waals surface area contributed by atoms with Crippen LogP contribution in [-0.4, -0.2) is 27.0 Å². The summed E-state index contributed by atoms with van der Waals surface area (Å²) in [7, 11) is 0. The summed E-state index contributed by atoms with van der Waals surface area (Å²) < 4.78 is 78.6. The second-order valence-corrected chi connectivity index (χ2v) is 6.00. The zero-order valence-corrected chi connectivity index (χ0v) is 14.5. The number of halogens is 7. The normalized spacial score (nSPS) is 12.4. The topological polar surface area (TPSA) is 55.1 Å². The molecule has 0 aliphatic rings. The van der Waals surface area contributed by atoms with Crippen LogP contribution in [0.3, 0.4) is 0 Å². The van der Waals surface area contributed by atoms with Gasteiger partial charge in [-0.2, -0.15) is 31.4 Å². The maximum Gasteiger partial charge on any atom is 0.417 e. The van der Waals surface area contributed by atoms with Crippen LogP contribution in [0.1, 0.15) is 35.0 Å². The summed E-state index contributed by atoms with van der Waals surface area (Å²) in [5.41, 5.74) is -2.68. The number of carbonyl (C=O) groups is 1. The maximum atomic E-state index is 13.5. The minimum atomic E-state index is -4.89. The first-order chi connectivity index (χ1) is 12.3. The summed E-state index contributed by atoms with van der Waals surface area (Å²) in [6, 6.07) is 2.72. The first-order valence-electron chi connectivity index (χ1n) is 7.62. The van der Waals surface area contributed by atoms with Crippen molar-refractivity contribution in [3.8, 4) is 11.3 Å². The first-order valence-corrected chi connectivity index (χ1v) is 7.99. The monoisotopic (exact) mass is 414 g/mol. The van der Waals surface area contributed by atoms with Gasteiger partial charge in [0.25, 0.3) is 0 Å². The van der Waals surface area contributed by atoms with Gasteiger partial charge in [0.05, 0.1) is 11.3 Å². The molecule has 0 radical (unpaired) electrons. The molecule has 1 N–H and O–H groups in total. The summed E-state index contributed by atoms with van der Waals surface area (Å²) in [4.78, 5) is 11.2. The molecule has 0 atom stereocenters. The molecule has 0 saturated carbocycles. The van der Waals surface area contributed by atoms with E-state index >= 15 is 0 Å². The van der Waals surface area contributed by atoms with Crippen LogP contribution in [0.5, 0.6) is 0 Å². The third kappa shape index (κ3) is 4.74. The van der Waals surface area contributed by atoms with Gasteiger partial charge in [-0.3, -0.25) is 4.68 Å². The molecule has 0 amide bonds. The Morgan fingerprint density at radius 2 is 1.85 bits per heavy atom. The van der Waals surface area contributed by atoms with E-state index in [2.05, 4.69) is 5.10 Å². The lowest BCUT2D eigenvalue weighted by Crippen LogP contribution is -2.12. The summed E-state index contributed by atoms with van der Waals surface area (Å²) in [5.74, 6) is -1.51. The Morgan fingerprint density at radius 1 is 1.22 bits per heavy atom. The Kier molecular flexibility index (Phi) is 5.79. The molecule has 0 bridgehead atoms. The first kappa shape index (κ1) is 21.1. The van der Waals surface area contributed by atoms with Gasteiger partial charge in [-0.25, -0.2) is 4.79 Å². The molecule has 148 valence electrons. The molecule has 27 heavy (non-hydrogen) atoms. The Labute approximate surface area is 154 Å². The number of carboxylic acid groups (broad SMARTS) is 1. The molecule has 4 nitrogen and oxygen atoms in total. The summed E-state index contributed by atoms with van der Waals surface area (Å²) in [6.07, 6.45) is -11.3. The molecule has 0 saturated heterocycles. The van der Waals surface area contributed by atoms with Crippen LogP contribution >= 0.6 is 11.6 Å². The molecule has 1 aromatic carbocycles. The fourth-order valence-electron chi connectivity index (χ4n) is 2.54. The molecule has 0 spiro atoms. The molecule has 0 fully saturated rings. The molecular formula is C16H13ClF6N2O2. The number of benzene rings is 1. The second-order valence-electron chi connectivity index (χ2n) is 5.62. The van der Waals surface area contributed by atoms with Crippen LogP contribution < -0.4 is 0 Å². The average Bonchev–Trinajstić information content (AvgIpc) is 2.88. The van der Waals surface area contributed by atoms with E-state index < -0.39 is 53.0 Å². The highest BCUT2D eigenvalue weighted by atomic mass is 35.5. The van der Waals surface area contributed by atoms with Crippen LogP contribution in [-0.2, 0) is 19.1 Å². The summed E-state index contributed by atoms with van der Waals surface area (Å²) in [5, 5.41) is 12.3. The van der Waals surface area contributed by atoms with Gasteiger partial charge in [-0.1, -0.05) is 23.7 Å². The molecule has 0 unspecified atom stereocenters. The third-order valence-electron chi connectivity index (χ3n) is 3.74. The lowest BCUT2D eigenvalue weighted by molar-refractivity contribution is -0.137. The molecule has 2 rings (SSSR count). The molecular weight excluding hydrogens is 402 g/mol. The third-order valence-corrected chi connectivity index (χ3v) is 4.10.